The lowest BCUT2D eigenvalue weighted by molar-refractivity contribution is -0.132. The minimum absolute atomic E-state index is 0.124. The maximum atomic E-state index is 12.6. The van der Waals surface area contributed by atoms with Crippen molar-refractivity contribution in [1.29, 1.82) is 5.26 Å². The van der Waals surface area contributed by atoms with E-state index in [2.05, 4.69) is 11.0 Å². The van der Waals surface area contributed by atoms with E-state index in [1.807, 2.05) is 72.4 Å². The van der Waals surface area contributed by atoms with Gasteiger partial charge in [0.1, 0.15) is 11.8 Å². The van der Waals surface area contributed by atoms with Gasteiger partial charge in [-0.15, -0.1) is 0 Å². The van der Waals surface area contributed by atoms with Crippen LogP contribution in [-0.4, -0.2) is 63.1 Å². The van der Waals surface area contributed by atoms with Gasteiger partial charge < -0.3 is 14.5 Å². The van der Waals surface area contributed by atoms with Gasteiger partial charge in [-0.2, -0.15) is 5.26 Å². The topological polar surface area (TPSA) is 59.8 Å². The molecule has 2 aromatic carbocycles. The number of nitriles is 1. The van der Waals surface area contributed by atoms with Crippen molar-refractivity contribution in [3.8, 4) is 11.8 Å². The van der Waals surface area contributed by atoms with Crippen LogP contribution in [0.1, 0.15) is 17.2 Å². The molecular formula is C23H28N4O2. The summed E-state index contributed by atoms with van der Waals surface area (Å²) in [5, 5.41) is 9.73. The van der Waals surface area contributed by atoms with Crippen LogP contribution in [0.3, 0.4) is 0 Å². The fourth-order valence-corrected chi connectivity index (χ4v) is 3.58. The number of benzene rings is 2. The van der Waals surface area contributed by atoms with Crippen molar-refractivity contribution in [2.45, 2.75) is 12.5 Å². The van der Waals surface area contributed by atoms with Crippen molar-refractivity contribution in [2.24, 2.45) is 0 Å². The first kappa shape index (κ1) is 20.7. The molecular weight excluding hydrogens is 364 g/mol. The second kappa shape index (κ2) is 9.44. The van der Waals surface area contributed by atoms with Crippen molar-refractivity contribution in [2.75, 3.05) is 52.3 Å². The van der Waals surface area contributed by atoms with Gasteiger partial charge in [0, 0.05) is 46.0 Å². The fourth-order valence-electron chi connectivity index (χ4n) is 3.58. The summed E-state index contributed by atoms with van der Waals surface area (Å²) in [4.78, 5) is 18.7. The molecule has 0 aromatic heterocycles. The molecule has 0 bridgehead atoms. The first-order valence-electron chi connectivity index (χ1n) is 9.83. The predicted octanol–water partition coefficient (Wildman–Crippen LogP) is 2.71. The number of anilines is 1. The number of piperazine rings is 1. The zero-order valence-corrected chi connectivity index (χ0v) is 17.3. The number of ether oxygens (including phenoxy) is 1. The standard InChI is InChI=1S/C23H28N4O2/c1-25(2)20-8-6-19(7-9-20)22(17-24)26-12-14-27(15-13-26)23(28)16-18-4-10-21(29-3)11-5-18/h4-11,22H,12-16H2,1-3H3. The Labute approximate surface area is 172 Å². The number of methoxy groups -OCH3 is 1. The number of hydrogen-bond acceptors (Lipinski definition) is 5. The quantitative estimate of drug-likeness (QED) is 0.757. The van der Waals surface area contributed by atoms with E-state index < -0.39 is 0 Å². The number of carbonyl (C=O) groups is 1. The molecule has 0 radical (unpaired) electrons. The SMILES string of the molecule is COc1ccc(CC(=O)N2CCN(C(C#N)c3ccc(N(C)C)cc3)CC2)cc1. The second-order valence-electron chi connectivity index (χ2n) is 7.46. The lowest BCUT2D eigenvalue weighted by atomic mass is 10.0. The van der Waals surface area contributed by atoms with Crippen molar-refractivity contribution in [3.63, 3.8) is 0 Å². The molecule has 0 saturated carbocycles. The summed E-state index contributed by atoms with van der Waals surface area (Å²) < 4.78 is 5.16. The minimum Gasteiger partial charge on any atom is -0.497 e. The molecule has 6 heteroatoms. The lowest BCUT2D eigenvalue weighted by Gasteiger charge is -2.37. The van der Waals surface area contributed by atoms with Gasteiger partial charge in [-0.3, -0.25) is 9.69 Å². The number of carbonyl (C=O) groups excluding carboxylic acids is 1. The van der Waals surface area contributed by atoms with Crippen LogP contribution in [0.25, 0.3) is 0 Å². The first-order chi connectivity index (χ1) is 14.0. The summed E-state index contributed by atoms with van der Waals surface area (Å²) in [7, 11) is 5.63. The number of hydrogen-bond donors (Lipinski definition) is 0. The molecule has 0 N–H and O–H groups in total. The molecule has 1 unspecified atom stereocenters. The maximum absolute atomic E-state index is 12.6. The van der Waals surface area contributed by atoms with Gasteiger partial charge in [0.05, 0.1) is 19.6 Å². The van der Waals surface area contributed by atoms with Crippen LogP contribution in [0.5, 0.6) is 5.75 Å². The van der Waals surface area contributed by atoms with E-state index in [-0.39, 0.29) is 11.9 Å². The van der Waals surface area contributed by atoms with Crippen LogP contribution in [-0.2, 0) is 11.2 Å². The van der Waals surface area contributed by atoms with E-state index in [4.69, 9.17) is 4.74 Å². The monoisotopic (exact) mass is 392 g/mol. The molecule has 2 aromatic rings. The summed E-state index contributed by atoms with van der Waals surface area (Å²) in [5.41, 5.74) is 3.09. The molecule has 1 aliphatic heterocycles. The van der Waals surface area contributed by atoms with Gasteiger partial charge in [-0.25, -0.2) is 0 Å². The number of rotatable bonds is 6. The Hall–Kier alpha value is -3.04. The van der Waals surface area contributed by atoms with E-state index in [1.165, 1.54) is 0 Å². The Morgan fingerprint density at radius 3 is 2.21 bits per heavy atom. The van der Waals surface area contributed by atoms with Crippen LogP contribution in [0.15, 0.2) is 48.5 Å². The highest BCUT2D eigenvalue weighted by Gasteiger charge is 2.27. The molecule has 0 aliphatic carbocycles. The normalized spacial score (nSPS) is 15.4. The van der Waals surface area contributed by atoms with Crippen LogP contribution in [0, 0.1) is 11.3 Å². The van der Waals surface area contributed by atoms with Crippen molar-refractivity contribution < 1.29 is 9.53 Å². The zero-order chi connectivity index (χ0) is 20.8. The highest BCUT2D eigenvalue weighted by Crippen LogP contribution is 2.24. The Bertz CT molecular complexity index is 848. The van der Waals surface area contributed by atoms with Crippen molar-refractivity contribution in [1.82, 2.24) is 9.80 Å². The number of nitrogens with zero attached hydrogens (tertiary/aromatic N) is 4. The Morgan fingerprint density at radius 1 is 1.07 bits per heavy atom. The van der Waals surface area contributed by atoms with Gasteiger partial charge >= 0.3 is 0 Å². The molecule has 1 fully saturated rings. The summed E-state index contributed by atoms with van der Waals surface area (Å²) in [6.07, 6.45) is 0.387. The summed E-state index contributed by atoms with van der Waals surface area (Å²) in [5.74, 6) is 0.912. The van der Waals surface area contributed by atoms with Gasteiger partial charge in [0.25, 0.3) is 0 Å². The lowest BCUT2D eigenvalue weighted by Crippen LogP contribution is -2.49. The summed E-state index contributed by atoms with van der Waals surface area (Å²) in [6.45, 7) is 2.68. The third-order valence-electron chi connectivity index (χ3n) is 5.39. The molecule has 1 aliphatic rings. The predicted molar refractivity (Wildman–Crippen MR) is 114 cm³/mol. The van der Waals surface area contributed by atoms with E-state index in [0.717, 1.165) is 22.6 Å². The van der Waals surface area contributed by atoms with E-state index in [9.17, 15) is 10.1 Å². The number of amides is 1. The van der Waals surface area contributed by atoms with Crippen molar-refractivity contribution in [3.05, 3.63) is 59.7 Å². The second-order valence-corrected chi connectivity index (χ2v) is 7.46. The molecule has 152 valence electrons. The third-order valence-corrected chi connectivity index (χ3v) is 5.39. The van der Waals surface area contributed by atoms with Gasteiger partial charge in [0.15, 0.2) is 0 Å². The van der Waals surface area contributed by atoms with E-state index >= 15 is 0 Å². The van der Waals surface area contributed by atoms with E-state index in [1.54, 1.807) is 7.11 Å². The Kier molecular flexibility index (Phi) is 6.73. The highest BCUT2D eigenvalue weighted by atomic mass is 16.5. The first-order valence-corrected chi connectivity index (χ1v) is 9.83. The molecule has 1 saturated heterocycles. The van der Waals surface area contributed by atoms with Crippen LogP contribution in [0.4, 0.5) is 5.69 Å². The molecule has 1 amide bonds. The molecule has 0 spiro atoms. The molecule has 1 heterocycles. The van der Waals surface area contributed by atoms with Gasteiger partial charge in [-0.1, -0.05) is 24.3 Å². The van der Waals surface area contributed by atoms with Gasteiger partial charge in [-0.05, 0) is 35.4 Å². The fraction of sp³-hybridized carbons (Fsp3) is 0.391. The average molecular weight is 393 g/mol. The van der Waals surface area contributed by atoms with Crippen LogP contribution >= 0.6 is 0 Å². The Balaban J connectivity index is 1.56. The van der Waals surface area contributed by atoms with Crippen LogP contribution in [0.2, 0.25) is 0 Å². The summed E-state index contributed by atoms with van der Waals surface area (Å²) in [6, 6.07) is 17.9. The molecule has 3 rings (SSSR count). The smallest absolute Gasteiger partial charge is 0.227 e. The largest absolute Gasteiger partial charge is 0.497 e. The Morgan fingerprint density at radius 2 is 1.69 bits per heavy atom. The highest BCUT2D eigenvalue weighted by molar-refractivity contribution is 5.79. The molecule has 29 heavy (non-hydrogen) atoms. The van der Waals surface area contributed by atoms with Crippen LogP contribution < -0.4 is 9.64 Å². The van der Waals surface area contributed by atoms with Crippen molar-refractivity contribution >= 4 is 11.6 Å². The third kappa shape index (κ3) is 5.07. The molecule has 1 atom stereocenters. The molecule has 6 nitrogen and oxygen atoms in total. The average Bonchev–Trinajstić information content (AvgIpc) is 2.75. The zero-order valence-electron chi connectivity index (χ0n) is 17.3. The van der Waals surface area contributed by atoms with Gasteiger partial charge in [0.2, 0.25) is 5.91 Å². The van der Waals surface area contributed by atoms with E-state index in [0.29, 0.717) is 32.6 Å². The maximum Gasteiger partial charge on any atom is 0.227 e. The summed E-state index contributed by atoms with van der Waals surface area (Å²) >= 11 is 0. The minimum atomic E-state index is -0.287.